The van der Waals surface area contributed by atoms with Crippen LogP contribution in [-0.4, -0.2) is 79.0 Å². The Labute approximate surface area is 179 Å². The lowest BCUT2D eigenvalue weighted by molar-refractivity contribution is -0.391. The molecule has 1 unspecified atom stereocenters. The number of rotatable bonds is 4. The van der Waals surface area contributed by atoms with Crippen LogP contribution in [0.25, 0.3) is 0 Å². The molecule has 0 aliphatic carbocycles. The lowest BCUT2D eigenvalue weighted by Crippen LogP contribution is -2.77. The predicted octanol–water partition coefficient (Wildman–Crippen LogP) is 0.966. The number of aliphatic hydroxyl groups is 1. The van der Waals surface area contributed by atoms with Gasteiger partial charge in [-0.1, -0.05) is 18.2 Å². The second-order valence-electron chi connectivity index (χ2n) is 8.56. The van der Waals surface area contributed by atoms with Gasteiger partial charge in [0.05, 0.1) is 13.2 Å². The fourth-order valence-corrected chi connectivity index (χ4v) is 4.26. The minimum atomic E-state index is -1.87. The molecule has 5 atom stereocenters. The van der Waals surface area contributed by atoms with E-state index in [0.29, 0.717) is 5.56 Å². The van der Waals surface area contributed by atoms with Gasteiger partial charge in [-0.05, 0) is 32.9 Å². The van der Waals surface area contributed by atoms with E-state index in [9.17, 15) is 14.7 Å². The number of nitrogens with one attached hydrogen (secondary N) is 1. The quantitative estimate of drug-likeness (QED) is 0.663. The average molecular weight is 437 g/mol. The van der Waals surface area contributed by atoms with Crippen LogP contribution in [0.1, 0.15) is 31.1 Å². The summed E-state index contributed by atoms with van der Waals surface area (Å²) in [4.78, 5) is 24.7. The van der Waals surface area contributed by atoms with E-state index in [1.165, 1.54) is 7.11 Å². The summed E-state index contributed by atoms with van der Waals surface area (Å²) in [5.74, 6) is -3.21. The second-order valence-corrected chi connectivity index (χ2v) is 8.56. The van der Waals surface area contributed by atoms with Gasteiger partial charge in [0.1, 0.15) is 18.3 Å². The van der Waals surface area contributed by atoms with Crippen LogP contribution in [0.2, 0.25) is 0 Å². The molecule has 0 bridgehead atoms. The monoisotopic (exact) mass is 437 g/mol. The third-order valence-electron chi connectivity index (χ3n) is 5.98. The average Bonchev–Trinajstić information content (AvgIpc) is 3.40. The molecule has 2 amide bonds. The minimum Gasteiger partial charge on any atom is -0.441 e. The van der Waals surface area contributed by atoms with Crippen molar-refractivity contribution in [2.45, 2.75) is 55.8 Å². The molecule has 1 aromatic rings. The summed E-state index contributed by atoms with van der Waals surface area (Å²) in [6.45, 7) is 5.11. The summed E-state index contributed by atoms with van der Waals surface area (Å²) in [5.41, 5.74) is -2.64. The third kappa shape index (κ3) is 3.63. The molecule has 1 spiro atoms. The second kappa shape index (κ2) is 7.51. The van der Waals surface area contributed by atoms with Crippen molar-refractivity contribution in [1.82, 2.24) is 5.32 Å². The van der Waals surface area contributed by atoms with E-state index >= 15 is 0 Å². The highest BCUT2D eigenvalue weighted by molar-refractivity contribution is 6.02. The van der Waals surface area contributed by atoms with Crippen molar-refractivity contribution in [2.24, 2.45) is 0 Å². The summed E-state index contributed by atoms with van der Waals surface area (Å²) in [7, 11) is 1.38. The summed E-state index contributed by atoms with van der Waals surface area (Å²) in [5, 5.41) is 14.1. The third-order valence-corrected chi connectivity index (χ3v) is 5.98. The number of carbonyl (C=O) groups is 2. The minimum absolute atomic E-state index is 0.0687. The molecule has 0 radical (unpaired) electrons. The molecule has 10 nitrogen and oxygen atoms in total. The van der Waals surface area contributed by atoms with E-state index in [0.717, 1.165) is 0 Å². The molecule has 31 heavy (non-hydrogen) atoms. The number of carbonyl (C=O) groups excluding carboxylic acids is 2. The first-order valence-corrected chi connectivity index (χ1v) is 10.0. The molecule has 1 aromatic carbocycles. The number of hydrogen-bond acceptors (Lipinski definition) is 9. The van der Waals surface area contributed by atoms with Crippen LogP contribution >= 0.6 is 0 Å². The van der Waals surface area contributed by atoms with Crippen LogP contribution in [-0.2, 0) is 28.4 Å². The smallest absolute Gasteiger partial charge is 0.414 e. The number of ether oxygens (including phenoxy) is 6. The lowest BCUT2D eigenvalue weighted by Gasteiger charge is -2.53. The van der Waals surface area contributed by atoms with Crippen molar-refractivity contribution in [3.8, 4) is 0 Å². The van der Waals surface area contributed by atoms with Crippen LogP contribution in [0.3, 0.4) is 0 Å². The zero-order chi connectivity index (χ0) is 22.5. The van der Waals surface area contributed by atoms with Crippen LogP contribution in [0.4, 0.5) is 4.79 Å². The first-order valence-electron chi connectivity index (χ1n) is 10.0. The highest BCUT2D eigenvalue weighted by Crippen LogP contribution is 2.55. The molecule has 3 aliphatic rings. The first-order chi connectivity index (χ1) is 14.6. The molecule has 4 rings (SSSR count). The maximum Gasteiger partial charge on any atom is 0.414 e. The Balaban J connectivity index is 1.54. The van der Waals surface area contributed by atoms with E-state index in [2.05, 4.69) is 5.32 Å². The fraction of sp³-hybridized carbons (Fsp3) is 0.619. The van der Waals surface area contributed by atoms with E-state index < -0.39 is 47.0 Å². The predicted molar refractivity (Wildman–Crippen MR) is 104 cm³/mol. The highest BCUT2D eigenvalue weighted by atomic mass is 16.8. The molecule has 2 N–H and O–H groups in total. The number of amides is 2. The molecule has 3 heterocycles. The normalized spacial score (nSPS) is 38.6. The standard InChI is InChI=1S/C21H27NO9/c1-18(2)28-12-20(31-18)21(25,19(3)11-29-19)15(26-4)14(10-27-20)30-17(24)22-16(23)13-8-6-5-7-9-13/h5-9,14-15,25H,10-12H2,1-4H3,(H,22,23,24)/t14-,15-,19?,20+,21+/m1/s1. The first kappa shape index (κ1) is 22.1. The van der Waals surface area contributed by atoms with Gasteiger partial charge in [0, 0.05) is 12.7 Å². The Kier molecular flexibility index (Phi) is 5.36. The Morgan fingerprint density at radius 3 is 2.32 bits per heavy atom. The van der Waals surface area contributed by atoms with Crippen molar-refractivity contribution < 1.29 is 43.1 Å². The van der Waals surface area contributed by atoms with Crippen molar-refractivity contribution >= 4 is 12.0 Å². The van der Waals surface area contributed by atoms with E-state index in [1.807, 2.05) is 0 Å². The van der Waals surface area contributed by atoms with Crippen LogP contribution in [0.5, 0.6) is 0 Å². The van der Waals surface area contributed by atoms with Gasteiger partial charge < -0.3 is 33.5 Å². The van der Waals surface area contributed by atoms with Gasteiger partial charge >= 0.3 is 6.09 Å². The highest BCUT2D eigenvalue weighted by Gasteiger charge is 2.78. The fourth-order valence-electron chi connectivity index (χ4n) is 4.26. The number of hydrogen-bond donors (Lipinski definition) is 2. The Morgan fingerprint density at radius 1 is 1.10 bits per heavy atom. The molecule has 3 fully saturated rings. The van der Waals surface area contributed by atoms with E-state index in [1.54, 1.807) is 51.1 Å². The van der Waals surface area contributed by atoms with Crippen LogP contribution in [0.15, 0.2) is 30.3 Å². The van der Waals surface area contributed by atoms with Gasteiger partial charge in [0.15, 0.2) is 17.5 Å². The summed E-state index contributed by atoms with van der Waals surface area (Å²) in [6, 6.07) is 8.24. The summed E-state index contributed by atoms with van der Waals surface area (Å²) in [6.07, 6.45) is -3.12. The van der Waals surface area contributed by atoms with E-state index in [4.69, 9.17) is 28.4 Å². The van der Waals surface area contributed by atoms with Gasteiger partial charge in [0.25, 0.3) is 5.91 Å². The molecular formula is C21H27NO9. The van der Waals surface area contributed by atoms with Gasteiger partial charge in [0.2, 0.25) is 5.79 Å². The lowest BCUT2D eigenvalue weighted by atomic mass is 9.73. The van der Waals surface area contributed by atoms with Crippen LogP contribution < -0.4 is 5.32 Å². The maximum atomic E-state index is 12.4. The number of benzene rings is 1. The van der Waals surface area contributed by atoms with Crippen molar-refractivity contribution in [3.05, 3.63) is 35.9 Å². The van der Waals surface area contributed by atoms with E-state index in [-0.39, 0.29) is 19.8 Å². The van der Waals surface area contributed by atoms with Gasteiger partial charge in [-0.15, -0.1) is 0 Å². The zero-order valence-corrected chi connectivity index (χ0v) is 17.9. The Morgan fingerprint density at radius 2 is 1.77 bits per heavy atom. The largest absolute Gasteiger partial charge is 0.441 e. The van der Waals surface area contributed by atoms with Crippen LogP contribution in [0, 0.1) is 0 Å². The number of methoxy groups -OCH3 is 1. The molecule has 10 heteroatoms. The van der Waals surface area contributed by atoms with Crippen molar-refractivity contribution in [3.63, 3.8) is 0 Å². The molecular weight excluding hydrogens is 410 g/mol. The maximum absolute atomic E-state index is 12.4. The number of epoxide rings is 1. The van der Waals surface area contributed by atoms with Gasteiger partial charge in [-0.3, -0.25) is 10.1 Å². The zero-order valence-electron chi connectivity index (χ0n) is 17.9. The molecule has 170 valence electrons. The molecule has 3 saturated heterocycles. The summed E-state index contributed by atoms with van der Waals surface area (Å²) >= 11 is 0. The Hall–Kier alpha value is -2.08. The number of alkyl carbamates (subject to hydrolysis) is 1. The molecule has 0 aromatic heterocycles. The topological polar surface area (TPSA) is 125 Å². The SMILES string of the molecule is CO[C@@H]1[C@H](OC(=O)NC(=O)c2ccccc2)CO[C@]2(COC(C)(C)O2)[C@@]1(O)C1(C)CO1. The molecule has 0 saturated carbocycles. The van der Waals surface area contributed by atoms with Crippen molar-refractivity contribution in [2.75, 3.05) is 26.9 Å². The van der Waals surface area contributed by atoms with Crippen molar-refractivity contribution in [1.29, 1.82) is 0 Å². The Bertz CT molecular complexity index is 856. The van der Waals surface area contributed by atoms with Gasteiger partial charge in [-0.2, -0.15) is 0 Å². The number of imide groups is 1. The summed E-state index contributed by atoms with van der Waals surface area (Å²) < 4.78 is 34.2. The van der Waals surface area contributed by atoms with Gasteiger partial charge in [-0.25, -0.2) is 4.79 Å². The molecule has 3 aliphatic heterocycles.